The molecule has 1 aromatic heterocycles. The fraction of sp³-hybridized carbons (Fsp3) is 0.421. The molecule has 2 aromatic rings. The van der Waals surface area contributed by atoms with Crippen molar-refractivity contribution in [1.29, 1.82) is 0 Å². The maximum absolute atomic E-state index is 12.8. The van der Waals surface area contributed by atoms with Crippen molar-refractivity contribution < 1.29 is 22.7 Å². The summed E-state index contributed by atoms with van der Waals surface area (Å²) in [6, 6.07) is 6.20. The van der Waals surface area contributed by atoms with Crippen LogP contribution in [-0.4, -0.2) is 40.1 Å². The van der Waals surface area contributed by atoms with Crippen molar-refractivity contribution >= 4 is 11.7 Å². The quantitative estimate of drug-likeness (QED) is 0.848. The van der Waals surface area contributed by atoms with Gasteiger partial charge < -0.3 is 15.0 Å². The zero-order valence-corrected chi connectivity index (χ0v) is 15.6. The van der Waals surface area contributed by atoms with Crippen LogP contribution in [0.15, 0.2) is 30.3 Å². The monoisotopic (exact) mass is 394 g/mol. The fourth-order valence-electron chi connectivity index (χ4n) is 3.09. The Morgan fingerprint density at radius 3 is 2.61 bits per heavy atom. The first-order chi connectivity index (χ1) is 13.2. The summed E-state index contributed by atoms with van der Waals surface area (Å²) in [5.74, 6) is 0. The van der Waals surface area contributed by atoms with Gasteiger partial charge in [0.2, 0.25) is 0 Å². The molecule has 2 amide bonds. The van der Waals surface area contributed by atoms with Crippen molar-refractivity contribution in [3.63, 3.8) is 0 Å². The molecule has 1 fully saturated rings. The minimum absolute atomic E-state index is 0.0977. The molecule has 1 atom stereocenters. The first-order valence-electron chi connectivity index (χ1n) is 8.93. The number of urea groups is 1. The van der Waals surface area contributed by atoms with E-state index in [4.69, 9.17) is 4.74 Å². The summed E-state index contributed by atoms with van der Waals surface area (Å²) in [5.41, 5.74) is 0.868. The lowest BCUT2D eigenvalue weighted by molar-refractivity contribution is -0.137. The number of halogens is 3. The van der Waals surface area contributed by atoms with Crippen LogP contribution in [0.5, 0.6) is 6.01 Å². The summed E-state index contributed by atoms with van der Waals surface area (Å²) in [5, 5.41) is 2.53. The number of alkyl halides is 3. The molecule has 150 valence electrons. The van der Waals surface area contributed by atoms with Crippen molar-refractivity contribution in [3.05, 3.63) is 47.3 Å². The third kappa shape index (κ3) is 5.11. The minimum Gasteiger partial charge on any atom is -0.458 e. The van der Waals surface area contributed by atoms with E-state index < -0.39 is 17.8 Å². The number of carbonyl (C=O) groups excluding carboxylic acids is 1. The van der Waals surface area contributed by atoms with Crippen molar-refractivity contribution in [2.75, 3.05) is 18.4 Å². The minimum atomic E-state index is -4.46. The third-order valence-corrected chi connectivity index (χ3v) is 4.34. The Morgan fingerprint density at radius 1 is 1.21 bits per heavy atom. The molecule has 1 aliphatic heterocycles. The highest BCUT2D eigenvalue weighted by Crippen LogP contribution is 2.30. The Morgan fingerprint density at radius 2 is 1.93 bits per heavy atom. The molecule has 1 unspecified atom stereocenters. The van der Waals surface area contributed by atoms with Crippen LogP contribution in [0.2, 0.25) is 0 Å². The first-order valence-corrected chi connectivity index (χ1v) is 8.93. The van der Waals surface area contributed by atoms with Crippen LogP contribution in [0.4, 0.5) is 23.7 Å². The maximum atomic E-state index is 12.8. The van der Waals surface area contributed by atoms with E-state index in [1.807, 2.05) is 19.9 Å². The smallest absolute Gasteiger partial charge is 0.416 e. The molecule has 0 spiro atoms. The van der Waals surface area contributed by atoms with E-state index in [0.29, 0.717) is 19.5 Å². The normalized spacial score (nSPS) is 17.3. The van der Waals surface area contributed by atoms with E-state index in [9.17, 15) is 18.0 Å². The fourth-order valence-corrected chi connectivity index (χ4v) is 3.09. The second kappa shape index (κ2) is 8.04. The van der Waals surface area contributed by atoms with Gasteiger partial charge in [0.1, 0.15) is 6.10 Å². The number of anilines is 1. The largest absolute Gasteiger partial charge is 0.458 e. The molecule has 9 heteroatoms. The van der Waals surface area contributed by atoms with Gasteiger partial charge in [-0.15, -0.1) is 0 Å². The SMILES string of the molecule is Cc1cc(C)nc(OC2CCCN(C(=O)Nc3cccc(C(F)(F)F)c3)C2)n1. The van der Waals surface area contributed by atoms with Crippen molar-refractivity contribution in [2.24, 2.45) is 0 Å². The van der Waals surface area contributed by atoms with Gasteiger partial charge in [0.25, 0.3) is 0 Å². The highest BCUT2D eigenvalue weighted by atomic mass is 19.4. The van der Waals surface area contributed by atoms with Gasteiger partial charge in [-0.1, -0.05) is 6.07 Å². The van der Waals surface area contributed by atoms with Crippen LogP contribution in [0, 0.1) is 13.8 Å². The third-order valence-electron chi connectivity index (χ3n) is 4.34. The molecule has 0 saturated carbocycles. The van der Waals surface area contributed by atoms with Crippen LogP contribution in [0.3, 0.4) is 0 Å². The van der Waals surface area contributed by atoms with E-state index in [0.717, 1.165) is 29.9 Å². The van der Waals surface area contributed by atoms with Gasteiger partial charge in [-0.3, -0.25) is 0 Å². The van der Waals surface area contributed by atoms with Crippen LogP contribution in [0.1, 0.15) is 29.8 Å². The second-order valence-electron chi connectivity index (χ2n) is 6.77. The van der Waals surface area contributed by atoms with Crippen molar-refractivity contribution in [2.45, 2.75) is 39.0 Å². The van der Waals surface area contributed by atoms with Crippen molar-refractivity contribution in [3.8, 4) is 6.01 Å². The molecule has 3 rings (SSSR count). The van der Waals surface area contributed by atoms with E-state index in [1.165, 1.54) is 17.0 Å². The lowest BCUT2D eigenvalue weighted by Crippen LogP contribution is -2.46. The predicted octanol–water partition coefficient (Wildman–Crippen LogP) is 4.19. The zero-order chi connectivity index (χ0) is 20.3. The number of nitrogens with zero attached hydrogens (tertiary/aromatic N) is 3. The van der Waals surface area contributed by atoms with Gasteiger partial charge >= 0.3 is 18.2 Å². The number of benzene rings is 1. The Kier molecular flexibility index (Phi) is 5.71. The number of piperidine rings is 1. The molecule has 0 bridgehead atoms. The molecule has 0 radical (unpaired) electrons. The van der Waals surface area contributed by atoms with Crippen molar-refractivity contribution in [1.82, 2.24) is 14.9 Å². The lowest BCUT2D eigenvalue weighted by atomic mass is 10.1. The van der Waals surface area contributed by atoms with E-state index >= 15 is 0 Å². The Labute approximate surface area is 160 Å². The Balaban J connectivity index is 1.63. The predicted molar refractivity (Wildman–Crippen MR) is 97.2 cm³/mol. The number of hydrogen-bond acceptors (Lipinski definition) is 4. The number of rotatable bonds is 3. The molecule has 1 N–H and O–H groups in total. The van der Waals surface area contributed by atoms with E-state index in [-0.39, 0.29) is 17.8 Å². The average molecular weight is 394 g/mol. The number of ether oxygens (including phenoxy) is 1. The molecular formula is C19H21F3N4O2. The number of nitrogens with one attached hydrogen (secondary N) is 1. The first kappa shape index (κ1) is 19.9. The number of hydrogen-bond donors (Lipinski definition) is 1. The Hall–Kier alpha value is -2.84. The summed E-state index contributed by atoms with van der Waals surface area (Å²) in [7, 11) is 0. The van der Waals surface area contributed by atoms with E-state index in [1.54, 1.807) is 0 Å². The van der Waals surface area contributed by atoms with Gasteiger partial charge in [0.15, 0.2) is 0 Å². The van der Waals surface area contributed by atoms with Gasteiger partial charge in [-0.05, 0) is 51.0 Å². The molecular weight excluding hydrogens is 373 g/mol. The standard InChI is InChI=1S/C19H21F3N4O2/c1-12-9-13(2)24-17(23-12)28-16-7-4-8-26(11-16)18(27)25-15-6-3-5-14(10-15)19(20,21)22/h3,5-6,9-10,16H,4,7-8,11H2,1-2H3,(H,25,27). The van der Waals surface area contributed by atoms with Gasteiger partial charge in [0, 0.05) is 23.6 Å². The van der Waals surface area contributed by atoms with Gasteiger partial charge in [-0.2, -0.15) is 13.2 Å². The summed E-state index contributed by atoms with van der Waals surface area (Å²) in [6.45, 7) is 4.49. The zero-order valence-electron chi connectivity index (χ0n) is 15.6. The van der Waals surface area contributed by atoms with Crippen LogP contribution in [-0.2, 0) is 6.18 Å². The number of amides is 2. The van der Waals surface area contributed by atoms with Gasteiger partial charge in [0.05, 0.1) is 12.1 Å². The second-order valence-corrected chi connectivity index (χ2v) is 6.77. The lowest BCUT2D eigenvalue weighted by Gasteiger charge is -2.32. The summed E-state index contributed by atoms with van der Waals surface area (Å²) >= 11 is 0. The van der Waals surface area contributed by atoms with Crippen LogP contribution < -0.4 is 10.1 Å². The summed E-state index contributed by atoms with van der Waals surface area (Å²) < 4.78 is 44.3. The Bertz CT molecular complexity index is 837. The summed E-state index contributed by atoms with van der Waals surface area (Å²) in [4.78, 5) is 22.5. The number of likely N-dealkylation sites (tertiary alicyclic amines) is 1. The summed E-state index contributed by atoms with van der Waals surface area (Å²) in [6.07, 6.45) is -3.28. The average Bonchev–Trinajstić information content (AvgIpc) is 2.60. The van der Waals surface area contributed by atoms with Crippen LogP contribution in [0.25, 0.3) is 0 Å². The number of aryl methyl sites for hydroxylation is 2. The maximum Gasteiger partial charge on any atom is 0.416 e. The van der Waals surface area contributed by atoms with Gasteiger partial charge in [-0.25, -0.2) is 14.8 Å². The molecule has 1 aromatic carbocycles. The molecule has 0 aliphatic carbocycles. The highest BCUT2D eigenvalue weighted by Gasteiger charge is 2.31. The molecule has 6 nitrogen and oxygen atoms in total. The molecule has 1 saturated heterocycles. The molecule has 28 heavy (non-hydrogen) atoms. The molecule has 1 aliphatic rings. The molecule has 2 heterocycles. The number of carbonyl (C=O) groups is 1. The van der Waals surface area contributed by atoms with Crippen LogP contribution >= 0.6 is 0 Å². The van der Waals surface area contributed by atoms with E-state index in [2.05, 4.69) is 15.3 Å². The highest BCUT2D eigenvalue weighted by molar-refractivity contribution is 5.89. The number of aromatic nitrogens is 2. The topological polar surface area (TPSA) is 67.3 Å².